The second-order valence-corrected chi connectivity index (χ2v) is 5.04. The Balaban J connectivity index is 1.99. The van der Waals surface area contributed by atoms with E-state index in [1.54, 1.807) is 37.1 Å². The van der Waals surface area contributed by atoms with E-state index < -0.39 is 5.97 Å². The van der Waals surface area contributed by atoms with E-state index in [9.17, 15) is 4.79 Å². The maximum atomic E-state index is 12.2. The summed E-state index contributed by atoms with van der Waals surface area (Å²) < 4.78 is 6.79. The lowest BCUT2D eigenvalue weighted by atomic mass is 10.2. The molecule has 3 aromatic rings. The molecule has 0 atom stereocenters. The Hall–Kier alpha value is -3.22. The number of rotatable bonds is 5. The maximum Gasteiger partial charge on any atom is 0.362 e. The molecular formula is C17H17N5O2. The van der Waals surface area contributed by atoms with Crippen LogP contribution in [-0.4, -0.2) is 32.8 Å². The number of hydrogen-bond acceptors (Lipinski definition) is 6. The van der Waals surface area contributed by atoms with Crippen molar-refractivity contribution in [3.05, 3.63) is 54.7 Å². The monoisotopic (exact) mass is 323 g/mol. The predicted octanol–water partition coefficient (Wildman–Crippen LogP) is 2.35. The quantitative estimate of drug-likeness (QED) is 0.443. The number of carbonyl (C=O) groups excluding carboxylic acids is 1. The maximum absolute atomic E-state index is 12.2. The van der Waals surface area contributed by atoms with Crippen LogP contribution < -0.4 is 5.43 Å². The van der Waals surface area contributed by atoms with Gasteiger partial charge in [-0.25, -0.2) is 9.78 Å². The van der Waals surface area contributed by atoms with Crippen LogP contribution in [0.25, 0.3) is 10.9 Å². The fourth-order valence-electron chi connectivity index (χ4n) is 2.29. The molecule has 7 nitrogen and oxygen atoms in total. The molecule has 0 saturated carbocycles. The first-order valence-electron chi connectivity index (χ1n) is 7.53. The Morgan fingerprint density at radius 3 is 2.83 bits per heavy atom. The standard InChI is InChI=1S/C17H17N5O2/c1-3-24-17(23)15(16-19-10-11-22(16)2)21-20-13-8-4-6-12-7-5-9-18-14(12)13/h4-11,20H,3H2,1-2H3/b21-15-. The molecule has 0 amide bonds. The van der Waals surface area contributed by atoms with Gasteiger partial charge in [0, 0.05) is 31.0 Å². The molecule has 1 aromatic carbocycles. The molecule has 0 fully saturated rings. The lowest BCUT2D eigenvalue weighted by Gasteiger charge is -2.08. The topological polar surface area (TPSA) is 81.4 Å². The van der Waals surface area contributed by atoms with Gasteiger partial charge in [0.25, 0.3) is 0 Å². The Kier molecular flexibility index (Phi) is 4.51. The number of para-hydroxylation sites is 1. The zero-order valence-electron chi connectivity index (χ0n) is 13.4. The van der Waals surface area contributed by atoms with Crippen molar-refractivity contribution >= 4 is 28.3 Å². The van der Waals surface area contributed by atoms with E-state index >= 15 is 0 Å². The molecule has 0 saturated heterocycles. The lowest BCUT2D eigenvalue weighted by Crippen LogP contribution is -2.23. The average molecular weight is 323 g/mol. The number of benzene rings is 1. The highest BCUT2D eigenvalue weighted by Crippen LogP contribution is 2.20. The molecule has 0 unspecified atom stereocenters. The number of pyridine rings is 1. The summed E-state index contributed by atoms with van der Waals surface area (Å²) in [7, 11) is 1.79. The Morgan fingerprint density at radius 2 is 2.08 bits per heavy atom. The van der Waals surface area contributed by atoms with Gasteiger partial charge in [0.2, 0.25) is 5.71 Å². The van der Waals surface area contributed by atoms with Crippen molar-refractivity contribution in [2.45, 2.75) is 6.92 Å². The molecule has 2 heterocycles. The van der Waals surface area contributed by atoms with Gasteiger partial charge in [-0.1, -0.05) is 18.2 Å². The number of hydrogen-bond donors (Lipinski definition) is 1. The van der Waals surface area contributed by atoms with Crippen molar-refractivity contribution in [1.82, 2.24) is 14.5 Å². The van der Waals surface area contributed by atoms with Crippen LogP contribution in [0.4, 0.5) is 5.69 Å². The van der Waals surface area contributed by atoms with Gasteiger partial charge in [-0.3, -0.25) is 10.4 Å². The zero-order chi connectivity index (χ0) is 16.9. The number of hydrazone groups is 1. The van der Waals surface area contributed by atoms with E-state index in [4.69, 9.17) is 4.74 Å². The summed E-state index contributed by atoms with van der Waals surface area (Å²) in [6, 6.07) is 9.53. The van der Waals surface area contributed by atoms with Gasteiger partial charge in [0.1, 0.15) is 0 Å². The molecular weight excluding hydrogens is 306 g/mol. The summed E-state index contributed by atoms with van der Waals surface area (Å²) in [5.74, 6) is -0.110. The van der Waals surface area contributed by atoms with E-state index in [0.717, 1.165) is 10.9 Å². The molecule has 3 rings (SSSR count). The van der Waals surface area contributed by atoms with Crippen LogP contribution in [-0.2, 0) is 16.6 Å². The first-order valence-corrected chi connectivity index (χ1v) is 7.53. The second kappa shape index (κ2) is 6.91. The molecule has 2 aromatic heterocycles. The number of fused-ring (bicyclic) bond motifs is 1. The molecule has 0 spiro atoms. The number of nitrogens with one attached hydrogen (secondary N) is 1. The second-order valence-electron chi connectivity index (χ2n) is 5.04. The first kappa shape index (κ1) is 15.7. The van der Waals surface area contributed by atoms with Crippen LogP contribution in [0.5, 0.6) is 0 Å². The van der Waals surface area contributed by atoms with Gasteiger partial charge in [0.05, 0.1) is 17.8 Å². The Labute approximate surface area is 139 Å². The van der Waals surface area contributed by atoms with Gasteiger partial charge >= 0.3 is 5.97 Å². The fourth-order valence-corrected chi connectivity index (χ4v) is 2.29. The van der Waals surface area contributed by atoms with Gasteiger partial charge in [-0.15, -0.1) is 0 Å². The minimum atomic E-state index is -0.535. The molecule has 0 aliphatic heterocycles. The third-order valence-electron chi connectivity index (χ3n) is 3.42. The van der Waals surface area contributed by atoms with Gasteiger partial charge < -0.3 is 9.30 Å². The highest BCUT2D eigenvalue weighted by Gasteiger charge is 2.20. The van der Waals surface area contributed by atoms with Crippen LogP contribution in [0.2, 0.25) is 0 Å². The minimum Gasteiger partial charge on any atom is -0.461 e. The smallest absolute Gasteiger partial charge is 0.362 e. The fraction of sp³-hybridized carbons (Fsp3) is 0.176. The summed E-state index contributed by atoms with van der Waals surface area (Å²) in [5.41, 5.74) is 4.49. The van der Waals surface area contributed by atoms with Gasteiger partial charge in [-0.2, -0.15) is 5.10 Å². The van der Waals surface area contributed by atoms with Crippen molar-refractivity contribution < 1.29 is 9.53 Å². The molecule has 122 valence electrons. The molecule has 0 bridgehead atoms. The number of carbonyl (C=O) groups is 1. The Bertz CT molecular complexity index is 895. The lowest BCUT2D eigenvalue weighted by molar-refractivity contribution is -0.135. The normalized spacial score (nSPS) is 11.5. The van der Waals surface area contributed by atoms with Crippen LogP contribution in [0.1, 0.15) is 12.7 Å². The number of esters is 1. The largest absolute Gasteiger partial charge is 0.461 e. The number of anilines is 1. The van der Waals surface area contributed by atoms with E-state index in [1.807, 2.05) is 30.3 Å². The number of ether oxygens (including phenoxy) is 1. The number of aromatic nitrogens is 3. The van der Waals surface area contributed by atoms with E-state index in [-0.39, 0.29) is 12.3 Å². The molecule has 0 radical (unpaired) electrons. The third-order valence-corrected chi connectivity index (χ3v) is 3.42. The average Bonchev–Trinajstić information content (AvgIpc) is 3.01. The minimum absolute atomic E-state index is 0.109. The van der Waals surface area contributed by atoms with E-state index in [0.29, 0.717) is 11.5 Å². The van der Waals surface area contributed by atoms with Crippen LogP contribution in [0.3, 0.4) is 0 Å². The summed E-state index contributed by atoms with van der Waals surface area (Å²) in [6.45, 7) is 2.01. The van der Waals surface area contributed by atoms with Crippen molar-refractivity contribution in [1.29, 1.82) is 0 Å². The molecule has 24 heavy (non-hydrogen) atoms. The SMILES string of the molecule is CCOC(=O)/C(=N\Nc1cccc2cccnc12)c1nccn1C. The highest BCUT2D eigenvalue weighted by atomic mass is 16.5. The summed E-state index contributed by atoms with van der Waals surface area (Å²) in [4.78, 5) is 20.7. The predicted molar refractivity (Wildman–Crippen MR) is 91.7 cm³/mol. The summed E-state index contributed by atoms with van der Waals surface area (Å²) in [5, 5.41) is 5.21. The van der Waals surface area contributed by atoms with Crippen LogP contribution in [0, 0.1) is 0 Å². The highest BCUT2D eigenvalue weighted by molar-refractivity contribution is 6.42. The van der Waals surface area contributed by atoms with E-state index in [2.05, 4.69) is 20.5 Å². The summed E-state index contributed by atoms with van der Waals surface area (Å²) in [6.07, 6.45) is 5.05. The van der Waals surface area contributed by atoms with Gasteiger partial charge in [-0.05, 0) is 19.1 Å². The first-order chi connectivity index (χ1) is 11.7. The van der Waals surface area contributed by atoms with Crippen molar-refractivity contribution in [2.75, 3.05) is 12.0 Å². The van der Waals surface area contributed by atoms with Crippen LogP contribution in [0.15, 0.2) is 54.0 Å². The third kappa shape index (κ3) is 3.10. The van der Waals surface area contributed by atoms with Crippen molar-refractivity contribution in [3.63, 3.8) is 0 Å². The van der Waals surface area contributed by atoms with Crippen molar-refractivity contribution in [3.8, 4) is 0 Å². The number of aryl methyl sites for hydroxylation is 1. The molecule has 0 aliphatic carbocycles. The zero-order valence-corrected chi connectivity index (χ0v) is 13.4. The van der Waals surface area contributed by atoms with Crippen LogP contribution >= 0.6 is 0 Å². The summed E-state index contributed by atoms with van der Waals surface area (Å²) >= 11 is 0. The molecule has 7 heteroatoms. The number of imidazole rings is 1. The molecule has 1 N–H and O–H groups in total. The Morgan fingerprint density at radius 1 is 1.25 bits per heavy atom. The van der Waals surface area contributed by atoms with Gasteiger partial charge in [0.15, 0.2) is 5.82 Å². The molecule has 0 aliphatic rings. The number of nitrogens with zero attached hydrogens (tertiary/aromatic N) is 4. The van der Waals surface area contributed by atoms with E-state index in [1.165, 1.54) is 0 Å². The van der Waals surface area contributed by atoms with Crippen molar-refractivity contribution in [2.24, 2.45) is 12.1 Å².